The summed E-state index contributed by atoms with van der Waals surface area (Å²) in [6, 6.07) is 16.0. The Balaban J connectivity index is 1.95. The fourth-order valence-electron chi connectivity index (χ4n) is 1.98. The van der Waals surface area contributed by atoms with Gasteiger partial charge in [0, 0.05) is 5.69 Å². The van der Waals surface area contributed by atoms with Crippen molar-refractivity contribution < 1.29 is 8.42 Å². The number of para-hydroxylation sites is 1. The van der Waals surface area contributed by atoms with Crippen LogP contribution in [0.2, 0.25) is 4.34 Å². The number of aromatic nitrogens is 1. The van der Waals surface area contributed by atoms with Crippen LogP contribution in [-0.4, -0.2) is 13.4 Å². The zero-order chi connectivity index (χ0) is 16.4. The minimum atomic E-state index is -3.73. The number of benzene rings is 2. The lowest BCUT2D eigenvalue weighted by molar-refractivity contribution is 0.593. The summed E-state index contributed by atoms with van der Waals surface area (Å²) in [6.07, 6.45) is 0. The molecule has 7 heteroatoms. The number of hydrogen-bond acceptors (Lipinski definition) is 5. The van der Waals surface area contributed by atoms with E-state index in [-0.39, 0.29) is 14.3 Å². The Kier molecular flexibility index (Phi) is 4.39. The van der Waals surface area contributed by atoms with Crippen LogP contribution in [0.15, 0.2) is 64.5 Å². The molecule has 0 atom stereocenters. The zero-order valence-corrected chi connectivity index (χ0v) is 14.5. The Hall–Kier alpha value is -1.89. The van der Waals surface area contributed by atoms with Crippen molar-refractivity contribution in [3.05, 3.63) is 64.5 Å². The van der Waals surface area contributed by atoms with Crippen LogP contribution in [-0.2, 0) is 9.84 Å². The summed E-state index contributed by atoms with van der Waals surface area (Å²) in [4.78, 5) is 4.35. The number of anilines is 2. The SMILES string of the molecule is Cc1ccc(S(=O)(=O)c2nc(Nc3ccccc3)sc2Cl)cc1. The van der Waals surface area contributed by atoms with Crippen LogP contribution in [0, 0.1) is 6.92 Å². The lowest BCUT2D eigenvalue weighted by atomic mass is 10.2. The highest BCUT2D eigenvalue weighted by molar-refractivity contribution is 7.91. The smallest absolute Gasteiger partial charge is 0.226 e. The van der Waals surface area contributed by atoms with Gasteiger partial charge in [-0.1, -0.05) is 58.8 Å². The van der Waals surface area contributed by atoms with Crippen LogP contribution in [0.25, 0.3) is 0 Å². The third-order valence-corrected chi connectivity index (χ3v) is 6.28. The van der Waals surface area contributed by atoms with Gasteiger partial charge in [-0.25, -0.2) is 13.4 Å². The summed E-state index contributed by atoms with van der Waals surface area (Å²) in [5.74, 6) is 0. The van der Waals surface area contributed by atoms with Crippen LogP contribution in [0.3, 0.4) is 0 Å². The standard InChI is InChI=1S/C16H13ClN2O2S2/c1-11-7-9-13(10-8-11)23(20,21)15-14(17)22-16(19-15)18-12-5-3-2-4-6-12/h2-10H,1H3,(H,18,19). The van der Waals surface area contributed by atoms with Crippen molar-refractivity contribution >= 4 is 43.6 Å². The van der Waals surface area contributed by atoms with E-state index in [1.54, 1.807) is 24.3 Å². The number of rotatable bonds is 4. The van der Waals surface area contributed by atoms with Crippen LogP contribution in [0.5, 0.6) is 0 Å². The summed E-state index contributed by atoms with van der Waals surface area (Å²) in [5.41, 5.74) is 1.80. The zero-order valence-electron chi connectivity index (χ0n) is 12.2. The van der Waals surface area contributed by atoms with E-state index in [2.05, 4.69) is 10.3 Å². The van der Waals surface area contributed by atoms with Crippen molar-refractivity contribution in [3.63, 3.8) is 0 Å². The van der Waals surface area contributed by atoms with E-state index in [1.165, 1.54) is 0 Å². The van der Waals surface area contributed by atoms with Crippen molar-refractivity contribution in [1.82, 2.24) is 4.98 Å². The highest BCUT2D eigenvalue weighted by Crippen LogP contribution is 2.35. The topological polar surface area (TPSA) is 59.1 Å². The molecule has 0 radical (unpaired) electrons. The molecule has 0 saturated heterocycles. The molecule has 1 N–H and O–H groups in total. The summed E-state index contributed by atoms with van der Waals surface area (Å²) in [5, 5.41) is 3.37. The first kappa shape index (κ1) is 16.0. The van der Waals surface area contributed by atoms with Crippen LogP contribution in [0.1, 0.15) is 5.56 Å². The van der Waals surface area contributed by atoms with Crippen molar-refractivity contribution in [2.75, 3.05) is 5.32 Å². The molecule has 3 aromatic rings. The Morgan fingerprint density at radius 1 is 1.04 bits per heavy atom. The van der Waals surface area contributed by atoms with Gasteiger partial charge in [-0.15, -0.1) is 0 Å². The van der Waals surface area contributed by atoms with Gasteiger partial charge < -0.3 is 5.32 Å². The first-order chi connectivity index (χ1) is 11.0. The molecule has 1 heterocycles. The van der Waals surface area contributed by atoms with Gasteiger partial charge in [-0.2, -0.15) is 0 Å². The van der Waals surface area contributed by atoms with E-state index in [0.717, 1.165) is 22.6 Å². The molecule has 1 aromatic heterocycles. The average molecular weight is 365 g/mol. The molecule has 0 aliphatic heterocycles. The quantitative estimate of drug-likeness (QED) is 0.730. The number of nitrogens with one attached hydrogen (secondary N) is 1. The van der Waals surface area contributed by atoms with Crippen molar-refractivity contribution in [2.24, 2.45) is 0 Å². The molecular weight excluding hydrogens is 352 g/mol. The Morgan fingerprint density at radius 3 is 2.35 bits per heavy atom. The van der Waals surface area contributed by atoms with Gasteiger partial charge in [0.2, 0.25) is 9.84 Å². The van der Waals surface area contributed by atoms with E-state index < -0.39 is 9.84 Å². The highest BCUT2D eigenvalue weighted by atomic mass is 35.5. The van der Waals surface area contributed by atoms with Gasteiger partial charge in [-0.05, 0) is 31.2 Å². The largest absolute Gasteiger partial charge is 0.331 e. The van der Waals surface area contributed by atoms with Crippen molar-refractivity contribution in [3.8, 4) is 0 Å². The molecule has 4 nitrogen and oxygen atoms in total. The van der Waals surface area contributed by atoms with E-state index in [1.807, 2.05) is 37.3 Å². The normalized spacial score (nSPS) is 11.4. The number of sulfone groups is 1. The summed E-state index contributed by atoms with van der Waals surface area (Å²) in [6.45, 7) is 1.90. The van der Waals surface area contributed by atoms with Crippen molar-refractivity contribution in [2.45, 2.75) is 16.8 Å². The van der Waals surface area contributed by atoms with Crippen LogP contribution < -0.4 is 5.32 Å². The second kappa shape index (κ2) is 6.31. The molecule has 0 spiro atoms. The fourth-order valence-corrected chi connectivity index (χ4v) is 4.81. The molecule has 0 fully saturated rings. The number of aryl methyl sites for hydroxylation is 1. The summed E-state index contributed by atoms with van der Waals surface area (Å²) in [7, 11) is -3.73. The molecule has 2 aromatic carbocycles. The second-order valence-electron chi connectivity index (χ2n) is 4.91. The third-order valence-electron chi connectivity index (χ3n) is 3.17. The number of halogens is 1. The average Bonchev–Trinajstić information content (AvgIpc) is 2.90. The van der Waals surface area contributed by atoms with E-state index in [9.17, 15) is 8.42 Å². The molecule has 23 heavy (non-hydrogen) atoms. The highest BCUT2D eigenvalue weighted by Gasteiger charge is 2.25. The Morgan fingerprint density at radius 2 is 1.70 bits per heavy atom. The second-order valence-corrected chi connectivity index (χ2v) is 8.37. The molecular formula is C16H13ClN2O2S2. The number of hydrogen-bond donors (Lipinski definition) is 1. The summed E-state index contributed by atoms with van der Waals surface area (Å²) >= 11 is 7.21. The first-order valence-corrected chi connectivity index (χ1v) is 9.45. The van der Waals surface area contributed by atoms with E-state index in [4.69, 9.17) is 11.6 Å². The fraction of sp³-hybridized carbons (Fsp3) is 0.0625. The van der Waals surface area contributed by atoms with Gasteiger partial charge in [0.05, 0.1) is 4.90 Å². The molecule has 118 valence electrons. The van der Waals surface area contributed by atoms with Gasteiger partial charge in [0.25, 0.3) is 0 Å². The maximum Gasteiger partial charge on any atom is 0.226 e. The van der Waals surface area contributed by atoms with E-state index in [0.29, 0.717) is 5.13 Å². The van der Waals surface area contributed by atoms with Gasteiger partial charge in [0.1, 0.15) is 4.34 Å². The monoisotopic (exact) mass is 364 g/mol. The Bertz CT molecular complexity index is 920. The molecule has 0 unspecified atom stereocenters. The molecule has 0 bridgehead atoms. The molecule has 0 saturated carbocycles. The molecule has 0 aliphatic rings. The first-order valence-electron chi connectivity index (χ1n) is 6.77. The minimum Gasteiger partial charge on any atom is -0.331 e. The minimum absolute atomic E-state index is 0.119. The number of thiazole rings is 1. The van der Waals surface area contributed by atoms with Crippen LogP contribution in [0.4, 0.5) is 10.8 Å². The molecule has 0 aliphatic carbocycles. The third kappa shape index (κ3) is 3.39. The predicted octanol–water partition coefficient (Wildman–Crippen LogP) is 4.68. The number of nitrogens with zero attached hydrogens (tertiary/aromatic N) is 1. The maximum absolute atomic E-state index is 12.7. The van der Waals surface area contributed by atoms with Gasteiger partial charge >= 0.3 is 0 Å². The Labute approximate surface area is 143 Å². The van der Waals surface area contributed by atoms with Crippen LogP contribution >= 0.6 is 22.9 Å². The maximum atomic E-state index is 12.7. The lowest BCUT2D eigenvalue weighted by Gasteiger charge is -2.03. The summed E-state index contributed by atoms with van der Waals surface area (Å²) < 4.78 is 25.5. The molecule has 3 rings (SSSR count). The van der Waals surface area contributed by atoms with Gasteiger partial charge in [-0.3, -0.25) is 0 Å². The van der Waals surface area contributed by atoms with Crippen molar-refractivity contribution in [1.29, 1.82) is 0 Å². The van der Waals surface area contributed by atoms with Gasteiger partial charge in [0.15, 0.2) is 10.2 Å². The predicted molar refractivity (Wildman–Crippen MR) is 93.5 cm³/mol. The lowest BCUT2D eigenvalue weighted by Crippen LogP contribution is -2.03. The molecule has 0 amide bonds. The van der Waals surface area contributed by atoms with E-state index >= 15 is 0 Å².